The molecule has 0 bridgehead atoms. The Hall–Kier alpha value is -1.39. The summed E-state index contributed by atoms with van der Waals surface area (Å²) >= 11 is 7.35. The molecule has 2 aromatic rings. The molecule has 0 aliphatic heterocycles. The molecule has 2 rings (SSSR count). The maximum Gasteiger partial charge on any atom is 0.224 e. The van der Waals surface area contributed by atoms with Gasteiger partial charge in [0, 0.05) is 29.4 Å². The van der Waals surface area contributed by atoms with E-state index in [0.717, 1.165) is 20.5 Å². The number of anilines is 1. The van der Waals surface area contributed by atoms with E-state index in [1.165, 1.54) is 11.3 Å². The molecule has 0 radical (unpaired) electrons. The number of aryl methyl sites for hydroxylation is 2. The van der Waals surface area contributed by atoms with Gasteiger partial charge in [0.1, 0.15) is 0 Å². The number of thiophene rings is 1. The Morgan fingerprint density at radius 2 is 2.28 bits per heavy atom. The number of amides is 1. The summed E-state index contributed by atoms with van der Waals surface area (Å²) in [5, 5.41) is 2.88. The third-order valence-electron chi connectivity index (χ3n) is 2.52. The van der Waals surface area contributed by atoms with Crippen molar-refractivity contribution in [1.29, 1.82) is 0 Å². The minimum absolute atomic E-state index is 0.00817. The molecule has 0 saturated carbocycles. The highest BCUT2D eigenvalue weighted by molar-refractivity contribution is 7.16. The lowest BCUT2D eigenvalue weighted by atomic mass is 10.2. The predicted octanol–water partition coefficient (Wildman–Crippen LogP) is 3.68. The van der Waals surface area contributed by atoms with Crippen molar-refractivity contribution in [1.82, 2.24) is 4.98 Å². The summed E-state index contributed by atoms with van der Waals surface area (Å²) in [5.41, 5.74) is 1.78. The van der Waals surface area contributed by atoms with Gasteiger partial charge in [-0.1, -0.05) is 11.6 Å². The van der Waals surface area contributed by atoms with Gasteiger partial charge in [-0.3, -0.25) is 9.78 Å². The number of hydrogen-bond acceptors (Lipinski definition) is 3. The summed E-state index contributed by atoms with van der Waals surface area (Å²) in [7, 11) is 0. The molecule has 0 aliphatic rings. The minimum atomic E-state index is 0.00817. The van der Waals surface area contributed by atoms with Crippen LogP contribution in [0.4, 0.5) is 5.69 Å². The molecule has 0 aromatic carbocycles. The van der Waals surface area contributed by atoms with Gasteiger partial charge in [-0.15, -0.1) is 11.3 Å². The maximum absolute atomic E-state index is 11.8. The number of hydrogen-bond donors (Lipinski definition) is 1. The van der Waals surface area contributed by atoms with Crippen LogP contribution in [0.3, 0.4) is 0 Å². The Bertz CT molecular complexity index is 553. The largest absolute Gasteiger partial charge is 0.326 e. The molecule has 0 atom stereocenters. The quantitative estimate of drug-likeness (QED) is 0.928. The lowest BCUT2D eigenvalue weighted by Crippen LogP contribution is -2.12. The molecule has 3 nitrogen and oxygen atoms in total. The molecular formula is C13H13ClN2OS. The fraction of sp³-hybridized carbons (Fsp3) is 0.231. The van der Waals surface area contributed by atoms with Crippen molar-refractivity contribution >= 4 is 34.5 Å². The van der Waals surface area contributed by atoms with E-state index in [-0.39, 0.29) is 5.91 Å². The number of carbonyl (C=O) groups excluding carboxylic acids is 1. The van der Waals surface area contributed by atoms with E-state index in [0.29, 0.717) is 12.8 Å². The first-order valence-electron chi connectivity index (χ1n) is 5.60. The average molecular weight is 281 g/mol. The van der Waals surface area contributed by atoms with Crippen LogP contribution in [0.1, 0.15) is 16.9 Å². The van der Waals surface area contributed by atoms with Crippen LogP contribution in [0.25, 0.3) is 0 Å². The van der Waals surface area contributed by atoms with Gasteiger partial charge >= 0.3 is 0 Å². The van der Waals surface area contributed by atoms with Gasteiger partial charge in [-0.05, 0) is 37.1 Å². The Morgan fingerprint density at radius 1 is 1.44 bits per heavy atom. The number of halogens is 1. The molecule has 0 spiro atoms. The highest BCUT2D eigenvalue weighted by atomic mass is 35.5. The maximum atomic E-state index is 11.8. The number of nitrogens with one attached hydrogen (secondary N) is 1. The van der Waals surface area contributed by atoms with Crippen LogP contribution in [0.15, 0.2) is 30.6 Å². The van der Waals surface area contributed by atoms with Crippen molar-refractivity contribution < 1.29 is 4.79 Å². The molecule has 0 saturated heterocycles. The molecule has 18 heavy (non-hydrogen) atoms. The van der Waals surface area contributed by atoms with Crippen molar-refractivity contribution in [3.8, 4) is 0 Å². The summed E-state index contributed by atoms with van der Waals surface area (Å²) in [6.07, 6.45) is 4.57. The molecule has 0 aliphatic carbocycles. The first-order chi connectivity index (χ1) is 8.65. The molecule has 0 fully saturated rings. The number of aromatic nitrogens is 1. The van der Waals surface area contributed by atoms with Crippen LogP contribution in [-0.2, 0) is 11.2 Å². The van der Waals surface area contributed by atoms with Crippen molar-refractivity contribution in [3.05, 3.63) is 45.4 Å². The highest BCUT2D eigenvalue weighted by Gasteiger charge is 2.06. The zero-order valence-electron chi connectivity index (χ0n) is 9.94. The van der Waals surface area contributed by atoms with Gasteiger partial charge in [-0.25, -0.2) is 0 Å². The van der Waals surface area contributed by atoms with Crippen LogP contribution in [0.2, 0.25) is 4.34 Å². The Labute approximate surface area is 115 Å². The molecular weight excluding hydrogens is 268 g/mol. The monoisotopic (exact) mass is 280 g/mol. The second-order valence-corrected chi connectivity index (χ2v) is 5.74. The summed E-state index contributed by atoms with van der Waals surface area (Å²) in [6, 6.07) is 5.61. The molecule has 5 heteroatoms. The SMILES string of the molecule is Cc1cnccc1NC(=O)CCc1ccc(Cl)s1. The van der Waals surface area contributed by atoms with Crippen LogP contribution >= 0.6 is 22.9 Å². The van der Waals surface area contributed by atoms with E-state index in [9.17, 15) is 4.79 Å². The van der Waals surface area contributed by atoms with Crippen LogP contribution in [0, 0.1) is 6.92 Å². The van der Waals surface area contributed by atoms with Gasteiger partial charge in [0.25, 0.3) is 0 Å². The normalized spacial score (nSPS) is 10.3. The van der Waals surface area contributed by atoms with E-state index in [1.54, 1.807) is 18.5 Å². The van der Waals surface area contributed by atoms with E-state index >= 15 is 0 Å². The molecule has 1 amide bonds. The molecule has 2 aromatic heterocycles. The number of nitrogens with zero attached hydrogens (tertiary/aromatic N) is 1. The lowest BCUT2D eigenvalue weighted by Gasteiger charge is -2.06. The zero-order chi connectivity index (χ0) is 13.0. The number of rotatable bonds is 4. The Kier molecular flexibility index (Phi) is 4.33. The van der Waals surface area contributed by atoms with Crippen LogP contribution < -0.4 is 5.32 Å². The first kappa shape index (κ1) is 13.1. The second-order valence-electron chi connectivity index (χ2n) is 3.94. The van der Waals surface area contributed by atoms with Crippen molar-refractivity contribution in [2.24, 2.45) is 0 Å². The molecule has 0 unspecified atom stereocenters. The van der Waals surface area contributed by atoms with Crippen molar-refractivity contribution in [2.75, 3.05) is 5.32 Å². The van der Waals surface area contributed by atoms with E-state index in [4.69, 9.17) is 11.6 Å². The van der Waals surface area contributed by atoms with Gasteiger partial charge in [0.15, 0.2) is 0 Å². The van der Waals surface area contributed by atoms with Crippen molar-refractivity contribution in [3.63, 3.8) is 0 Å². The standard InChI is InChI=1S/C13H13ClN2OS/c1-9-8-15-7-6-11(9)16-13(17)5-3-10-2-4-12(14)18-10/h2,4,6-8H,3,5H2,1H3,(H,15,16,17). The molecule has 2 heterocycles. The van der Waals surface area contributed by atoms with Crippen LogP contribution in [-0.4, -0.2) is 10.9 Å². The average Bonchev–Trinajstić information content (AvgIpc) is 2.76. The first-order valence-corrected chi connectivity index (χ1v) is 6.79. The minimum Gasteiger partial charge on any atom is -0.326 e. The fourth-order valence-electron chi connectivity index (χ4n) is 1.55. The number of pyridine rings is 1. The second kappa shape index (κ2) is 5.98. The fourth-order valence-corrected chi connectivity index (χ4v) is 2.64. The Balaban J connectivity index is 1.88. The Morgan fingerprint density at radius 3 is 2.94 bits per heavy atom. The molecule has 94 valence electrons. The van der Waals surface area contributed by atoms with E-state index in [1.807, 2.05) is 19.1 Å². The van der Waals surface area contributed by atoms with Crippen molar-refractivity contribution in [2.45, 2.75) is 19.8 Å². The summed E-state index contributed by atoms with van der Waals surface area (Å²) in [5.74, 6) is 0.00817. The lowest BCUT2D eigenvalue weighted by molar-refractivity contribution is -0.116. The van der Waals surface area contributed by atoms with E-state index in [2.05, 4.69) is 10.3 Å². The zero-order valence-corrected chi connectivity index (χ0v) is 11.5. The third-order valence-corrected chi connectivity index (χ3v) is 3.81. The predicted molar refractivity (Wildman–Crippen MR) is 75.3 cm³/mol. The number of carbonyl (C=O) groups is 1. The van der Waals surface area contributed by atoms with Crippen LogP contribution in [0.5, 0.6) is 0 Å². The topological polar surface area (TPSA) is 42.0 Å². The van der Waals surface area contributed by atoms with Gasteiger partial charge in [0.2, 0.25) is 5.91 Å². The molecule has 1 N–H and O–H groups in total. The van der Waals surface area contributed by atoms with E-state index < -0.39 is 0 Å². The summed E-state index contributed by atoms with van der Waals surface area (Å²) in [6.45, 7) is 1.92. The highest BCUT2D eigenvalue weighted by Crippen LogP contribution is 2.22. The smallest absolute Gasteiger partial charge is 0.224 e. The third kappa shape index (κ3) is 3.55. The van der Waals surface area contributed by atoms with Gasteiger partial charge in [-0.2, -0.15) is 0 Å². The summed E-state index contributed by atoms with van der Waals surface area (Å²) in [4.78, 5) is 16.9. The van der Waals surface area contributed by atoms with Gasteiger partial charge < -0.3 is 5.32 Å². The summed E-state index contributed by atoms with van der Waals surface area (Å²) < 4.78 is 0.760. The van der Waals surface area contributed by atoms with Gasteiger partial charge in [0.05, 0.1) is 4.34 Å².